The van der Waals surface area contributed by atoms with Gasteiger partial charge >= 0.3 is 0 Å². The third-order valence-corrected chi connectivity index (χ3v) is 3.50. The van der Waals surface area contributed by atoms with Crippen LogP contribution in [0, 0.1) is 0 Å². The molecule has 1 unspecified atom stereocenters. The molecule has 3 nitrogen and oxygen atoms in total. The van der Waals surface area contributed by atoms with Crippen molar-refractivity contribution in [2.24, 2.45) is 4.99 Å². The van der Waals surface area contributed by atoms with E-state index in [1.54, 1.807) is 12.3 Å². The molecule has 0 amide bonds. The first-order valence-electron chi connectivity index (χ1n) is 6.67. The highest BCUT2D eigenvalue weighted by Gasteiger charge is 2.14. The van der Waals surface area contributed by atoms with E-state index < -0.39 is 0 Å². The van der Waals surface area contributed by atoms with E-state index in [9.17, 15) is 5.11 Å². The van der Waals surface area contributed by atoms with Crippen LogP contribution < -0.4 is 0 Å². The molecule has 3 rings (SSSR count). The smallest absolute Gasteiger partial charge is 0.124 e. The Labute approximate surface area is 112 Å². The van der Waals surface area contributed by atoms with Gasteiger partial charge in [-0.1, -0.05) is 30.3 Å². The van der Waals surface area contributed by atoms with Crippen molar-refractivity contribution in [3.05, 3.63) is 42.0 Å². The number of benzene rings is 2. The van der Waals surface area contributed by atoms with Crippen molar-refractivity contribution in [1.29, 1.82) is 0 Å². The lowest BCUT2D eigenvalue weighted by molar-refractivity contribution is 0.118. The van der Waals surface area contributed by atoms with Crippen molar-refractivity contribution in [2.45, 2.75) is 18.9 Å². The normalized spacial score (nSPS) is 19.5. The minimum Gasteiger partial charge on any atom is -0.507 e. The third kappa shape index (κ3) is 2.61. The Morgan fingerprint density at radius 1 is 1.26 bits per heavy atom. The highest BCUT2D eigenvalue weighted by Crippen LogP contribution is 2.25. The predicted molar refractivity (Wildman–Crippen MR) is 77.0 cm³/mol. The number of fused-ring (bicyclic) bond motifs is 1. The monoisotopic (exact) mass is 255 g/mol. The zero-order valence-corrected chi connectivity index (χ0v) is 10.7. The molecule has 0 radical (unpaired) electrons. The predicted octanol–water partition coefficient (Wildman–Crippen LogP) is 3.14. The van der Waals surface area contributed by atoms with E-state index in [4.69, 9.17) is 4.74 Å². The molecule has 0 saturated carbocycles. The quantitative estimate of drug-likeness (QED) is 0.856. The van der Waals surface area contributed by atoms with E-state index >= 15 is 0 Å². The van der Waals surface area contributed by atoms with Crippen molar-refractivity contribution >= 4 is 17.0 Å². The molecular weight excluding hydrogens is 238 g/mol. The lowest BCUT2D eigenvalue weighted by Gasteiger charge is -2.06. The molecule has 1 fully saturated rings. The van der Waals surface area contributed by atoms with Crippen LogP contribution in [-0.4, -0.2) is 30.6 Å². The van der Waals surface area contributed by atoms with Crippen LogP contribution in [0.4, 0.5) is 0 Å². The summed E-state index contributed by atoms with van der Waals surface area (Å²) >= 11 is 0. The van der Waals surface area contributed by atoms with Gasteiger partial charge in [0.05, 0.1) is 12.6 Å². The van der Waals surface area contributed by atoms with Crippen LogP contribution in [0.25, 0.3) is 10.8 Å². The Kier molecular flexibility index (Phi) is 3.47. The maximum absolute atomic E-state index is 9.98. The number of aliphatic imine (C=N–C) groups is 1. The van der Waals surface area contributed by atoms with E-state index in [-0.39, 0.29) is 11.9 Å². The molecular formula is C16H17NO2. The van der Waals surface area contributed by atoms with Gasteiger partial charge in [-0.3, -0.25) is 4.99 Å². The molecule has 2 aromatic rings. The summed E-state index contributed by atoms with van der Waals surface area (Å²) < 4.78 is 5.53. The van der Waals surface area contributed by atoms with Gasteiger partial charge < -0.3 is 9.84 Å². The zero-order valence-electron chi connectivity index (χ0n) is 10.7. The number of hydrogen-bond acceptors (Lipinski definition) is 3. The third-order valence-electron chi connectivity index (χ3n) is 3.50. The molecule has 1 aliphatic heterocycles. The van der Waals surface area contributed by atoms with E-state index in [2.05, 4.69) is 4.99 Å². The molecule has 3 heteroatoms. The van der Waals surface area contributed by atoms with Gasteiger partial charge in [-0.2, -0.15) is 0 Å². The van der Waals surface area contributed by atoms with Crippen molar-refractivity contribution in [2.75, 3.05) is 13.2 Å². The number of aromatic hydroxyl groups is 1. The maximum Gasteiger partial charge on any atom is 0.124 e. The maximum atomic E-state index is 9.98. The molecule has 2 aromatic carbocycles. The second-order valence-corrected chi connectivity index (χ2v) is 4.85. The van der Waals surface area contributed by atoms with Crippen LogP contribution in [0.15, 0.2) is 41.4 Å². The molecule has 1 atom stereocenters. The SMILES string of the molecule is Oc1ccc2ccccc2c1C=NCC1CCCO1. The van der Waals surface area contributed by atoms with Crippen LogP contribution in [0.1, 0.15) is 18.4 Å². The van der Waals surface area contributed by atoms with Crippen molar-refractivity contribution < 1.29 is 9.84 Å². The molecule has 1 N–H and O–H groups in total. The summed E-state index contributed by atoms with van der Waals surface area (Å²) in [6.45, 7) is 1.52. The molecule has 0 bridgehead atoms. The van der Waals surface area contributed by atoms with Gasteiger partial charge in [-0.25, -0.2) is 0 Å². The summed E-state index contributed by atoms with van der Waals surface area (Å²) in [5, 5.41) is 12.1. The van der Waals surface area contributed by atoms with Crippen molar-refractivity contribution in [1.82, 2.24) is 0 Å². The zero-order chi connectivity index (χ0) is 13.1. The van der Waals surface area contributed by atoms with Gasteiger partial charge in [-0.05, 0) is 29.7 Å². The summed E-state index contributed by atoms with van der Waals surface area (Å²) in [5.41, 5.74) is 0.788. The second kappa shape index (κ2) is 5.41. The largest absolute Gasteiger partial charge is 0.507 e. The molecule has 1 saturated heterocycles. The Bertz CT molecular complexity index is 601. The van der Waals surface area contributed by atoms with Gasteiger partial charge in [0.25, 0.3) is 0 Å². The molecule has 1 heterocycles. The lowest BCUT2D eigenvalue weighted by atomic mass is 10.0. The molecule has 0 spiro atoms. The number of phenolic OH excluding ortho intramolecular Hbond substituents is 1. The average molecular weight is 255 g/mol. The number of rotatable bonds is 3. The van der Waals surface area contributed by atoms with Crippen LogP contribution >= 0.6 is 0 Å². The summed E-state index contributed by atoms with van der Waals surface area (Å²) in [6, 6.07) is 11.6. The Hall–Kier alpha value is -1.87. The van der Waals surface area contributed by atoms with Gasteiger partial charge in [0.15, 0.2) is 0 Å². The minimum atomic E-state index is 0.244. The highest BCUT2D eigenvalue weighted by atomic mass is 16.5. The molecule has 1 aliphatic rings. The minimum absolute atomic E-state index is 0.244. The summed E-state index contributed by atoms with van der Waals surface area (Å²) in [7, 11) is 0. The average Bonchev–Trinajstić information content (AvgIpc) is 2.94. The number of hydrogen-bond donors (Lipinski definition) is 1. The fraction of sp³-hybridized carbons (Fsp3) is 0.312. The van der Waals surface area contributed by atoms with E-state index in [1.165, 1.54) is 0 Å². The fourth-order valence-corrected chi connectivity index (χ4v) is 2.47. The topological polar surface area (TPSA) is 41.8 Å². The molecule has 0 aromatic heterocycles. The Morgan fingerprint density at radius 2 is 2.16 bits per heavy atom. The van der Waals surface area contributed by atoms with Gasteiger partial charge in [0, 0.05) is 18.4 Å². The van der Waals surface area contributed by atoms with Crippen molar-refractivity contribution in [3.8, 4) is 5.75 Å². The van der Waals surface area contributed by atoms with Crippen LogP contribution in [-0.2, 0) is 4.74 Å². The summed E-state index contributed by atoms with van der Waals surface area (Å²) in [5.74, 6) is 0.273. The first-order valence-corrected chi connectivity index (χ1v) is 6.67. The summed E-state index contributed by atoms with van der Waals surface area (Å²) in [4.78, 5) is 4.42. The lowest BCUT2D eigenvalue weighted by Crippen LogP contribution is -2.08. The first kappa shape index (κ1) is 12.2. The standard InChI is InChI=1S/C16H17NO2/c18-16-8-7-12-4-1-2-6-14(12)15(16)11-17-10-13-5-3-9-19-13/h1-2,4,6-8,11,13,18H,3,5,9-10H2. The van der Waals surface area contributed by atoms with Crippen LogP contribution in [0.3, 0.4) is 0 Å². The van der Waals surface area contributed by atoms with E-state index in [0.29, 0.717) is 6.54 Å². The van der Waals surface area contributed by atoms with Crippen molar-refractivity contribution in [3.63, 3.8) is 0 Å². The number of nitrogens with zero attached hydrogens (tertiary/aromatic N) is 1. The van der Waals surface area contributed by atoms with E-state index in [0.717, 1.165) is 35.8 Å². The van der Waals surface area contributed by atoms with Gasteiger partial charge in [0.2, 0.25) is 0 Å². The number of phenols is 1. The number of ether oxygens (including phenoxy) is 1. The fourth-order valence-electron chi connectivity index (χ4n) is 2.47. The van der Waals surface area contributed by atoms with Gasteiger partial charge in [0.1, 0.15) is 5.75 Å². The molecule has 19 heavy (non-hydrogen) atoms. The summed E-state index contributed by atoms with van der Waals surface area (Å²) in [6.07, 6.45) is 4.21. The van der Waals surface area contributed by atoms with E-state index in [1.807, 2.05) is 30.3 Å². The molecule has 98 valence electrons. The second-order valence-electron chi connectivity index (χ2n) is 4.85. The van der Waals surface area contributed by atoms with Crippen LogP contribution in [0.2, 0.25) is 0 Å². The first-order chi connectivity index (χ1) is 9.34. The highest BCUT2D eigenvalue weighted by molar-refractivity contribution is 6.02. The van der Waals surface area contributed by atoms with Gasteiger partial charge in [-0.15, -0.1) is 0 Å². The Morgan fingerprint density at radius 3 is 3.00 bits per heavy atom. The molecule has 0 aliphatic carbocycles. The Balaban J connectivity index is 1.86. The van der Waals surface area contributed by atoms with Crippen LogP contribution in [0.5, 0.6) is 5.75 Å².